The van der Waals surface area contributed by atoms with E-state index in [9.17, 15) is 8.42 Å². The zero-order chi connectivity index (χ0) is 12.2. The second kappa shape index (κ2) is 5.45. The third kappa shape index (κ3) is 5.27. The third-order valence-electron chi connectivity index (χ3n) is 2.15. The largest absolute Gasteiger partial charge is 0.337 e. The SMILES string of the molecule is CC(N)Cc1cn(CCCS(C)(=O)=O)cn1. The molecule has 1 rings (SSSR count). The third-order valence-corrected chi connectivity index (χ3v) is 3.18. The van der Waals surface area contributed by atoms with Gasteiger partial charge in [-0.25, -0.2) is 13.4 Å². The molecule has 1 atom stereocenters. The molecule has 5 nitrogen and oxygen atoms in total. The predicted octanol–water partition coefficient (Wildman–Crippen LogP) is 0.207. The number of sulfone groups is 1. The van der Waals surface area contributed by atoms with Gasteiger partial charge in [0.25, 0.3) is 0 Å². The lowest BCUT2D eigenvalue weighted by Crippen LogP contribution is -2.17. The molecule has 1 aromatic rings. The molecule has 16 heavy (non-hydrogen) atoms. The van der Waals surface area contributed by atoms with Gasteiger partial charge in [-0.05, 0) is 13.3 Å². The minimum Gasteiger partial charge on any atom is -0.337 e. The highest BCUT2D eigenvalue weighted by Gasteiger charge is 2.04. The highest BCUT2D eigenvalue weighted by atomic mass is 32.2. The Kier molecular flexibility index (Phi) is 4.49. The standard InChI is InChI=1S/C10H19N3O2S/c1-9(11)6-10-7-13(8-12-10)4-3-5-16(2,14)15/h7-9H,3-6,11H2,1-2H3. The molecule has 0 saturated heterocycles. The van der Waals surface area contributed by atoms with Gasteiger partial charge < -0.3 is 10.3 Å². The Balaban J connectivity index is 2.41. The molecule has 1 heterocycles. The van der Waals surface area contributed by atoms with Gasteiger partial charge in [0.1, 0.15) is 9.84 Å². The van der Waals surface area contributed by atoms with Gasteiger partial charge in [-0.15, -0.1) is 0 Å². The van der Waals surface area contributed by atoms with Crippen LogP contribution < -0.4 is 5.73 Å². The van der Waals surface area contributed by atoms with E-state index in [1.807, 2.05) is 17.7 Å². The van der Waals surface area contributed by atoms with Crippen molar-refractivity contribution in [3.63, 3.8) is 0 Å². The quantitative estimate of drug-likeness (QED) is 0.777. The van der Waals surface area contributed by atoms with Crippen molar-refractivity contribution in [2.24, 2.45) is 5.73 Å². The summed E-state index contributed by atoms with van der Waals surface area (Å²) in [5.74, 6) is 0.216. The van der Waals surface area contributed by atoms with Crippen molar-refractivity contribution >= 4 is 9.84 Å². The Bertz CT molecular complexity index is 423. The average Bonchev–Trinajstić information content (AvgIpc) is 2.49. The summed E-state index contributed by atoms with van der Waals surface area (Å²) in [6, 6.07) is 0.0966. The Labute approximate surface area is 96.6 Å². The number of imidazole rings is 1. The highest BCUT2D eigenvalue weighted by molar-refractivity contribution is 7.90. The molecular weight excluding hydrogens is 226 g/mol. The number of aromatic nitrogens is 2. The van der Waals surface area contributed by atoms with Crippen LogP contribution in [0, 0.1) is 0 Å². The van der Waals surface area contributed by atoms with Crippen molar-refractivity contribution in [2.75, 3.05) is 12.0 Å². The summed E-state index contributed by atoms with van der Waals surface area (Å²) < 4.78 is 23.8. The summed E-state index contributed by atoms with van der Waals surface area (Å²) in [6.45, 7) is 2.61. The van der Waals surface area contributed by atoms with Crippen molar-refractivity contribution in [1.29, 1.82) is 0 Å². The Hall–Kier alpha value is -0.880. The van der Waals surface area contributed by atoms with Gasteiger partial charge in [-0.2, -0.15) is 0 Å². The van der Waals surface area contributed by atoms with Crippen molar-refractivity contribution < 1.29 is 8.42 Å². The van der Waals surface area contributed by atoms with Crippen LogP contribution in [0.1, 0.15) is 19.0 Å². The summed E-state index contributed by atoms with van der Waals surface area (Å²) in [7, 11) is -2.86. The average molecular weight is 245 g/mol. The fraction of sp³-hybridized carbons (Fsp3) is 0.700. The fourth-order valence-corrected chi connectivity index (χ4v) is 2.13. The molecule has 0 bridgehead atoms. The molecule has 0 aliphatic rings. The van der Waals surface area contributed by atoms with Crippen LogP contribution in [-0.2, 0) is 22.8 Å². The summed E-state index contributed by atoms with van der Waals surface area (Å²) in [4.78, 5) is 4.20. The zero-order valence-corrected chi connectivity index (χ0v) is 10.6. The van der Waals surface area contributed by atoms with Crippen LogP contribution in [0.4, 0.5) is 0 Å². The zero-order valence-electron chi connectivity index (χ0n) is 9.76. The summed E-state index contributed by atoms with van der Waals surface area (Å²) in [6.07, 6.45) is 6.26. The molecule has 1 unspecified atom stereocenters. The van der Waals surface area contributed by atoms with Gasteiger partial charge in [0, 0.05) is 31.5 Å². The monoisotopic (exact) mass is 245 g/mol. The molecule has 0 aromatic carbocycles. The Morgan fingerprint density at radius 1 is 1.56 bits per heavy atom. The molecule has 1 aromatic heterocycles. The highest BCUT2D eigenvalue weighted by Crippen LogP contribution is 2.01. The molecule has 0 fully saturated rings. The lowest BCUT2D eigenvalue weighted by molar-refractivity contribution is 0.592. The van der Waals surface area contributed by atoms with E-state index in [-0.39, 0.29) is 11.8 Å². The van der Waals surface area contributed by atoms with Crippen molar-refractivity contribution in [1.82, 2.24) is 9.55 Å². The number of aryl methyl sites for hydroxylation is 1. The number of rotatable bonds is 6. The molecule has 0 saturated carbocycles. The minimum absolute atomic E-state index is 0.0966. The van der Waals surface area contributed by atoms with Crippen LogP contribution in [0.5, 0.6) is 0 Å². The van der Waals surface area contributed by atoms with E-state index in [1.165, 1.54) is 6.26 Å². The summed E-state index contributed by atoms with van der Waals surface area (Å²) in [5.41, 5.74) is 6.62. The molecule has 6 heteroatoms. The molecule has 0 amide bonds. The van der Waals surface area contributed by atoms with E-state index in [0.717, 1.165) is 12.1 Å². The summed E-state index contributed by atoms with van der Waals surface area (Å²) >= 11 is 0. The van der Waals surface area contributed by atoms with Crippen molar-refractivity contribution in [3.8, 4) is 0 Å². The Morgan fingerprint density at radius 2 is 2.25 bits per heavy atom. The molecule has 2 N–H and O–H groups in total. The lowest BCUT2D eigenvalue weighted by Gasteiger charge is -2.01. The van der Waals surface area contributed by atoms with Crippen LogP contribution in [0.2, 0.25) is 0 Å². The smallest absolute Gasteiger partial charge is 0.147 e. The van der Waals surface area contributed by atoms with Crippen molar-refractivity contribution in [2.45, 2.75) is 32.4 Å². The van der Waals surface area contributed by atoms with E-state index in [4.69, 9.17) is 5.73 Å². The van der Waals surface area contributed by atoms with Gasteiger partial charge in [0.05, 0.1) is 17.8 Å². The molecule has 0 spiro atoms. The van der Waals surface area contributed by atoms with E-state index in [0.29, 0.717) is 13.0 Å². The van der Waals surface area contributed by atoms with Gasteiger partial charge in [-0.3, -0.25) is 0 Å². The van der Waals surface area contributed by atoms with Crippen LogP contribution >= 0.6 is 0 Å². The number of nitrogens with zero attached hydrogens (tertiary/aromatic N) is 2. The molecular formula is C10H19N3O2S. The Morgan fingerprint density at radius 3 is 2.81 bits per heavy atom. The molecule has 0 radical (unpaired) electrons. The molecule has 0 aliphatic heterocycles. The topological polar surface area (TPSA) is 78.0 Å². The van der Waals surface area contributed by atoms with Gasteiger partial charge in [0.2, 0.25) is 0 Å². The first-order chi connectivity index (χ1) is 7.37. The van der Waals surface area contributed by atoms with Gasteiger partial charge in [-0.1, -0.05) is 0 Å². The maximum absolute atomic E-state index is 10.9. The normalized spacial score (nSPS) is 13.9. The second-order valence-corrected chi connectivity index (χ2v) is 6.53. The van der Waals surface area contributed by atoms with Crippen LogP contribution in [0.15, 0.2) is 12.5 Å². The van der Waals surface area contributed by atoms with Gasteiger partial charge in [0.15, 0.2) is 0 Å². The van der Waals surface area contributed by atoms with E-state index in [2.05, 4.69) is 4.98 Å². The van der Waals surface area contributed by atoms with E-state index < -0.39 is 9.84 Å². The minimum atomic E-state index is -2.86. The first-order valence-corrected chi connectivity index (χ1v) is 7.37. The fourth-order valence-electron chi connectivity index (χ4n) is 1.47. The van der Waals surface area contributed by atoms with Crippen LogP contribution in [-0.4, -0.2) is 36.0 Å². The second-order valence-electron chi connectivity index (χ2n) is 4.27. The van der Waals surface area contributed by atoms with E-state index >= 15 is 0 Å². The van der Waals surface area contributed by atoms with Gasteiger partial charge >= 0.3 is 0 Å². The van der Waals surface area contributed by atoms with E-state index in [1.54, 1.807) is 6.33 Å². The number of nitrogens with two attached hydrogens (primary N) is 1. The molecule has 0 aliphatic carbocycles. The first kappa shape index (κ1) is 13.2. The predicted molar refractivity (Wildman–Crippen MR) is 63.9 cm³/mol. The summed E-state index contributed by atoms with van der Waals surface area (Å²) in [5, 5.41) is 0. The molecule has 92 valence electrons. The lowest BCUT2D eigenvalue weighted by atomic mass is 10.2. The first-order valence-electron chi connectivity index (χ1n) is 5.31. The van der Waals surface area contributed by atoms with Crippen molar-refractivity contribution in [3.05, 3.63) is 18.2 Å². The maximum Gasteiger partial charge on any atom is 0.147 e. The van der Waals surface area contributed by atoms with Crippen LogP contribution in [0.3, 0.4) is 0 Å². The number of hydrogen-bond donors (Lipinski definition) is 1. The maximum atomic E-state index is 10.9. The number of hydrogen-bond acceptors (Lipinski definition) is 4. The van der Waals surface area contributed by atoms with Crippen LogP contribution in [0.25, 0.3) is 0 Å².